The van der Waals surface area contributed by atoms with Crippen molar-refractivity contribution in [2.75, 3.05) is 36.0 Å². The van der Waals surface area contributed by atoms with Gasteiger partial charge < -0.3 is 9.80 Å². The number of pyridine rings is 1. The molecule has 0 aromatic carbocycles. The summed E-state index contributed by atoms with van der Waals surface area (Å²) >= 11 is 0. The van der Waals surface area contributed by atoms with E-state index in [0.717, 1.165) is 51.0 Å². The van der Waals surface area contributed by atoms with Gasteiger partial charge in [0, 0.05) is 32.4 Å². The molecule has 0 aliphatic carbocycles. The second-order valence-electron chi connectivity index (χ2n) is 9.07. The van der Waals surface area contributed by atoms with E-state index in [-0.39, 0.29) is 5.41 Å². The number of fused-ring (bicyclic) bond motifs is 1. The molecule has 2 saturated heterocycles. The third-order valence-electron chi connectivity index (χ3n) is 6.85. The molecule has 0 saturated carbocycles. The van der Waals surface area contributed by atoms with Crippen LogP contribution < -0.4 is 9.80 Å². The molecule has 182 valence electrons. The van der Waals surface area contributed by atoms with Crippen molar-refractivity contribution < 1.29 is 22.0 Å². The van der Waals surface area contributed by atoms with Crippen molar-refractivity contribution in [3.8, 4) is 0 Å². The number of hydrogen-bond donors (Lipinski definition) is 0. The van der Waals surface area contributed by atoms with E-state index in [1.165, 1.54) is 16.9 Å². The summed E-state index contributed by atoms with van der Waals surface area (Å²) in [6, 6.07) is 2.50. The Morgan fingerprint density at radius 1 is 0.912 bits per heavy atom. The zero-order chi connectivity index (χ0) is 23.9. The summed E-state index contributed by atoms with van der Waals surface area (Å²) in [6.07, 6.45) is 0.841. The predicted molar refractivity (Wildman–Crippen MR) is 116 cm³/mol. The zero-order valence-electron chi connectivity index (χ0n) is 18.3. The van der Waals surface area contributed by atoms with Crippen LogP contribution in [0, 0.1) is 5.41 Å². The number of halogens is 5. The van der Waals surface area contributed by atoms with Gasteiger partial charge in [0.2, 0.25) is 0 Å². The van der Waals surface area contributed by atoms with Crippen molar-refractivity contribution in [1.29, 1.82) is 0 Å². The first kappa shape index (κ1) is 22.7. The third-order valence-corrected chi connectivity index (χ3v) is 6.85. The lowest BCUT2D eigenvalue weighted by Gasteiger charge is -2.48. The molecule has 0 bridgehead atoms. The summed E-state index contributed by atoms with van der Waals surface area (Å²) in [5.74, 6) is 1.20. The third kappa shape index (κ3) is 4.49. The Morgan fingerprint density at radius 2 is 1.71 bits per heavy atom. The van der Waals surface area contributed by atoms with Crippen LogP contribution in [0.4, 0.5) is 33.6 Å². The number of nitrogens with zero attached hydrogens (tertiary/aromatic N) is 7. The maximum absolute atomic E-state index is 12.9. The minimum absolute atomic E-state index is 0.0561. The first-order valence-corrected chi connectivity index (χ1v) is 11.2. The van der Waals surface area contributed by atoms with Gasteiger partial charge in [-0.3, -0.25) is 0 Å². The molecule has 3 aromatic rings. The van der Waals surface area contributed by atoms with Crippen molar-refractivity contribution in [2.24, 2.45) is 5.41 Å². The summed E-state index contributed by atoms with van der Waals surface area (Å²) in [5.41, 5.74) is 0.135. The average molecular weight is 481 g/mol. The fourth-order valence-corrected chi connectivity index (χ4v) is 5.02. The molecule has 0 radical (unpaired) electrons. The Bertz CT molecular complexity index is 1140. The minimum Gasteiger partial charge on any atom is -0.357 e. The molecule has 0 unspecified atom stereocenters. The first-order valence-electron chi connectivity index (χ1n) is 11.2. The molecular formula is C22H24F5N7. The van der Waals surface area contributed by atoms with E-state index >= 15 is 0 Å². The van der Waals surface area contributed by atoms with E-state index < -0.39 is 24.7 Å². The lowest BCUT2D eigenvalue weighted by molar-refractivity contribution is -0.137. The van der Waals surface area contributed by atoms with Crippen LogP contribution in [-0.4, -0.2) is 57.3 Å². The number of piperidine rings is 2. The standard InChI is InChI=1S/C22H24F5N7/c23-17(24)13-34-20-16(11-30-34)28-12-19(31-20)33-7-1-4-21(14-33)5-8-32(9-6-21)18-3-2-15(10-29-18)22(25,26)27/h2-3,10-12,17H,1,4-9,13-14H2. The number of anilines is 2. The molecule has 0 atom stereocenters. The highest BCUT2D eigenvalue weighted by molar-refractivity contribution is 5.71. The molecule has 2 aliphatic rings. The Morgan fingerprint density at radius 3 is 2.38 bits per heavy atom. The smallest absolute Gasteiger partial charge is 0.357 e. The van der Waals surface area contributed by atoms with Gasteiger partial charge in [-0.1, -0.05) is 0 Å². The summed E-state index contributed by atoms with van der Waals surface area (Å²) in [7, 11) is 0. The summed E-state index contributed by atoms with van der Waals surface area (Å²) < 4.78 is 65.4. The first-order chi connectivity index (χ1) is 16.2. The van der Waals surface area contributed by atoms with E-state index in [1.807, 2.05) is 4.90 Å². The van der Waals surface area contributed by atoms with Crippen molar-refractivity contribution in [3.05, 3.63) is 36.3 Å². The van der Waals surface area contributed by atoms with Gasteiger partial charge in [0.1, 0.15) is 23.7 Å². The van der Waals surface area contributed by atoms with Crippen LogP contribution in [0.25, 0.3) is 11.2 Å². The quantitative estimate of drug-likeness (QED) is 0.515. The lowest BCUT2D eigenvalue weighted by atomic mass is 9.72. The Kier molecular flexibility index (Phi) is 5.76. The van der Waals surface area contributed by atoms with Gasteiger partial charge in [-0.05, 0) is 43.2 Å². The van der Waals surface area contributed by atoms with Gasteiger partial charge in [0.15, 0.2) is 5.65 Å². The van der Waals surface area contributed by atoms with E-state index in [2.05, 4.69) is 25.0 Å². The van der Waals surface area contributed by atoms with Crippen LogP contribution in [0.1, 0.15) is 31.2 Å². The molecule has 34 heavy (non-hydrogen) atoms. The Balaban J connectivity index is 1.28. The van der Waals surface area contributed by atoms with Crippen LogP contribution in [0.5, 0.6) is 0 Å². The lowest BCUT2D eigenvalue weighted by Crippen LogP contribution is -2.50. The summed E-state index contributed by atoms with van der Waals surface area (Å²) in [6.45, 7) is 2.45. The van der Waals surface area contributed by atoms with Gasteiger partial charge >= 0.3 is 6.18 Å². The fourth-order valence-electron chi connectivity index (χ4n) is 5.02. The molecule has 7 nitrogen and oxygen atoms in total. The number of hydrogen-bond acceptors (Lipinski definition) is 6. The highest BCUT2D eigenvalue weighted by Gasteiger charge is 2.39. The molecule has 1 spiro atoms. The van der Waals surface area contributed by atoms with E-state index in [0.29, 0.717) is 35.9 Å². The monoisotopic (exact) mass is 481 g/mol. The highest BCUT2D eigenvalue weighted by atomic mass is 19.4. The maximum atomic E-state index is 12.9. The normalized spacial score (nSPS) is 18.9. The van der Waals surface area contributed by atoms with Crippen LogP contribution >= 0.6 is 0 Å². The maximum Gasteiger partial charge on any atom is 0.417 e. The number of alkyl halides is 5. The van der Waals surface area contributed by atoms with Crippen LogP contribution in [0.15, 0.2) is 30.7 Å². The largest absolute Gasteiger partial charge is 0.417 e. The molecule has 5 heterocycles. The van der Waals surface area contributed by atoms with Crippen molar-refractivity contribution in [2.45, 2.75) is 44.8 Å². The highest BCUT2D eigenvalue weighted by Crippen LogP contribution is 2.41. The molecular weight excluding hydrogens is 457 g/mol. The minimum atomic E-state index is -4.40. The summed E-state index contributed by atoms with van der Waals surface area (Å²) in [4.78, 5) is 17.2. The second-order valence-corrected chi connectivity index (χ2v) is 9.07. The van der Waals surface area contributed by atoms with Gasteiger partial charge in [-0.25, -0.2) is 28.4 Å². The fraction of sp³-hybridized carbons (Fsp3) is 0.545. The SMILES string of the molecule is FC(F)Cn1ncc2ncc(N3CCCC4(CCN(c5ccc(C(F)(F)F)cn5)CC4)C3)nc21. The van der Waals surface area contributed by atoms with Crippen LogP contribution in [0.3, 0.4) is 0 Å². The number of rotatable bonds is 4. The molecule has 2 aliphatic heterocycles. The van der Waals surface area contributed by atoms with E-state index in [9.17, 15) is 22.0 Å². The van der Waals surface area contributed by atoms with Crippen molar-refractivity contribution >= 4 is 22.8 Å². The Hall–Kier alpha value is -3.05. The predicted octanol–water partition coefficient (Wildman–Crippen LogP) is 4.39. The average Bonchev–Trinajstić information content (AvgIpc) is 3.20. The van der Waals surface area contributed by atoms with Gasteiger partial charge in [-0.15, -0.1) is 0 Å². The van der Waals surface area contributed by atoms with Gasteiger partial charge in [0.25, 0.3) is 6.43 Å². The molecule has 5 rings (SSSR count). The topological polar surface area (TPSA) is 63.0 Å². The molecule has 2 fully saturated rings. The van der Waals surface area contributed by atoms with E-state index in [4.69, 9.17) is 0 Å². The van der Waals surface area contributed by atoms with Crippen molar-refractivity contribution in [3.63, 3.8) is 0 Å². The second kappa shape index (κ2) is 8.62. The van der Waals surface area contributed by atoms with Crippen LogP contribution in [-0.2, 0) is 12.7 Å². The van der Waals surface area contributed by atoms with Gasteiger partial charge in [0.05, 0.1) is 18.0 Å². The molecule has 0 N–H and O–H groups in total. The number of aromatic nitrogens is 5. The van der Waals surface area contributed by atoms with Crippen LogP contribution in [0.2, 0.25) is 0 Å². The molecule has 12 heteroatoms. The van der Waals surface area contributed by atoms with E-state index in [1.54, 1.807) is 6.20 Å². The molecule has 0 amide bonds. The summed E-state index contributed by atoms with van der Waals surface area (Å²) in [5, 5.41) is 3.98. The van der Waals surface area contributed by atoms with Gasteiger partial charge in [-0.2, -0.15) is 18.3 Å². The zero-order valence-corrected chi connectivity index (χ0v) is 18.3. The Labute approximate surface area is 192 Å². The van der Waals surface area contributed by atoms with Crippen molar-refractivity contribution in [1.82, 2.24) is 24.7 Å². The molecule has 3 aromatic heterocycles.